The molecule has 0 aliphatic heterocycles. The monoisotopic (exact) mass is 557 g/mol. The molecule has 7 nitrogen and oxygen atoms in total. The lowest BCUT2D eigenvalue weighted by molar-refractivity contribution is -0.123. The van der Waals surface area contributed by atoms with Gasteiger partial charge in [0.2, 0.25) is 0 Å². The molecule has 3 N–H and O–H groups in total. The normalized spacial score (nSPS) is 10.1. The summed E-state index contributed by atoms with van der Waals surface area (Å²) < 4.78 is 12.7. The molecule has 0 heterocycles. The molecule has 2 rings (SSSR count). The molecule has 0 aliphatic rings. The fourth-order valence-electron chi connectivity index (χ4n) is 2.21. The minimum absolute atomic E-state index is 0.0541. The van der Waals surface area contributed by atoms with Crippen molar-refractivity contribution >= 4 is 61.0 Å². The molecular formula is C20H21Br2N3O4S. The van der Waals surface area contributed by atoms with Gasteiger partial charge in [-0.3, -0.25) is 25.8 Å². The van der Waals surface area contributed by atoms with Crippen LogP contribution in [0.2, 0.25) is 0 Å². The summed E-state index contributed by atoms with van der Waals surface area (Å²) in [5.74, 6) is 0.0845. The van der Waals surface area contributed by atoms with Gasteiger partial charge < -0.3 is 9.47 Å². The van der Waals surface area contributed by atoms with Crippen LogP contribution in [-0.2, 0) is 4.79 Å². The number of hydrogen-bond acceptors (Lipinski definition) is 5. The van der Waals surface area contributed by atoms with E-state index >= 15 is 0 Å². The summed E-state index contributed by atoms with van der Waals surface area (Å²) in [6.07, 6.45) is 1.88. The second-order valence-corrected chi connectivity index (χ2v) is 8.20. The van der Waals surface area contributed by atoms with Gasteiger partial charge >= 0.3 is 0 Å². The molecule has 2 aromatic rings. The highest BCUT2D eigenvalue weighted by atomic mass is 79.9. The Morgan fingerprint density at radius 2 is 1.80 bits per heavy atom. The van der Waals surface area contributed by atoms with Gasteiger partial charge in [-0.25, -0.2) is 0 Å². The summed E-state index contributed by atoms with van der Waals surface area (Å²) in [4.78, 5) is 24.4. The first-order valence-electron chi connectivity index (χ1n) is 9.10. The number of amides is 2. The number of halogens is 2. The standard InChI is InChI=1S/C20H21Br2N3O4S/c1-2-3-10-28-16-7-5-4-6-14(16)19(27)23-20(30)25-24-18(26)12-29-17-9-8-13(21)11-15(17)22/h4-9,11H,2-3,10,12H2,1H3,(H,24,26)(H2,23,25,27,30). The first-order chi connectivity index (χ1) is 14.4. The van der Waals surface area contributed by atoms with E-state index in [1.165, 1.54) is 0 Å². The molecule has 0 radical (unpaired) electrons. The third-order valence-electron chi connectivity index (χ3n) is 3.68. The topological polar surface area (TPSA) is 88.7 Å². The highest BCUT2D eigenvalue weighted by Crippen LogP contribution is 2.28. The fraction of sp³-hybridized carbons (Fsp3) is 0.250. The number of unbranched alkanes of at least 4 members (excludes halogenated alkanes) is 1. The molecule has 0 saturated carbocycles. The van der Waals surface area contributed by atoms with Gasteiger partial charge in [0.15, 0.2) is 11.7 Å². The van der Waals surface area contributed by atoms with Crippen molar-refractivity contribution in [2.75, 3.05) is 13.2 Å². The van der Waals surface area contributed by atoms with Crippen LogP contribution in [0.25, 0.3) is 0 Å². The zero-order valence-electron chi connectivity index (χ0n) is 16.2. The third kappa shape index (κ3) is 7.92. The Morgan fingerprint density at radius 1 is 1.03 bits per heavy atom. The van der Waals surface area contributed by atoms with Gasteiger partial charge in [0.25, 0.3) is 11.8 Å². The molecule has 0 atom stereocenters. The number of para-hydroxylation sites is 1. The smallest absolute Gasteiger partial charge is 0.276 e. The first kappa shape index (κ1) is 24.1. The fourth-order valence-corrected chi connectivity index (χ4v) is 3.51. The average Bonchev–Trinajstić information content (AvgIpc) is 2.72. The minimum atomic E-state index is -0.468. The van der Waals surface area contributed by atoms with Gasteiger partial charge in [0, 0.05) is 4.47 Å². The quantitative estimate of drug-likeness (QED) is 0.257. The summed E-state index contributed by atoms with van der Waals surface area (Å²) in [5, 5.41) is 2.45. The lowest BCUT2D eigenvalue weighted by Gasteiger charge is -2.14. The number of hydrogen-bond donors (Lipinski definition) is 3. The number of ether oxygens (including phenoxy) is 2. The van der Waals surface area contributed by atoms with Crippen LogP contribution in [0.1, 0.15) is 30.1 Å². The zero-order chi connectivity index (χ0) is 21.9. The van der Waals surface area contributed by atoms with Crippen LogP contribution in [0.4, 0.5) is 0 Å². The van der Waals surface area contributed by atoms with Gasteiger partial charge in [-0.1, -0.05) is 41.4 Å². The van der Waals surface area contributed by atoms with Gasteiger partial charge in [-0.2, -0.15) is 0 Å². The number of benzene rings is 2. The van der Waals surface area contributed by atoms with Crippen molar-refractivity contribution in [2.24, 2.45) is 0 Å². The number of rotatable bonds is 8. The van der Waals surface area contributed by atoms with Gasteiger partial charge in [-0.05, 0) is 64.9 Å². The van der Waals surface area contributed by atoms with Crippen molar-refractivity contribution in [3.63, 3.8) is 0 Å². The van der Waals surface area contributed by atoms with E-state index in [1.807, 2.05) is 0 Å². The van der Waals surface area contributed by atoms with E-state index in [0.717, 1.165) is 17.3 Å². The van der Waals surface area contributed by atoms with Crippen LogP contribution in [0.5, 0.6) is 11.5 Å². The van der Waals surface area contributed by atoms with E-state index < -0.39 is 11.8 Å². The van der Waals surface area contributed by atoms with E-state index in [0.29, 0.717) is 28.1 Å². The highest BCUT2D eigenvalue weighted by molar-refractivity contribution is 9.11. The second-order valence-electron chi connectivity index (χ2n) is 6.02. The molecule has 0 fully saturated rings. The van der Waals surface area contributed by atoms with E-state index in [9.17, 15) is 9.59 Å². The predicted molar refractivity (Wildman–Crippen MR) is 126 cm³/mol. The number of carbonyl (C=O) groups is 2. The lowest BCUT2D eigenvalue weighted by Crippen LogP contribution is -2.49. The molecule has 0 saturated heterocycles. The summed E-state index contributed by atoms with van der Waals surface area (Å²) >= 11 is 11.8. The predicted octanol–water partition coefficient (Wildman–Crippen LogP) is 4.11. The van der Waals surface area contributed by atoms with Gasteiger partial charge in [0.1, 0.15) is 11.5 Å². The van der Waals surface area contributed by atoms with Crippen LogP contribution >= 0.6 is 44.1 Å². The van der Waals surface area contributed by atoms with Crippen molar-refractivity contribution in [2.45, 2.75) is 19.8 Å². The molecule has 0 bridgehead atoms. The van der Waals surface area contributed by atoms with E-state index in [2.05, 4.69) is 55.0 Å². The maximum Gasteiger partial charge on any atom is 0.276 e. The number of nitrogens with one attached hydrogen (secondary N) is 3. The van der Waals surface area contributed by atoms with Crippen LogP contribution in [0.15, 0.2) is 51.4 Å². The zero-order valence-corrected chi connectivity index (χ0v) is 20.2. The second kappa shape index (κ2) is 12.5. The van der Waals surface area contributed by atoms with Gasteiger partial charge in [-0.15, -0.1) is 0 Å². The van der Waals surface area contributed by atoms with Crippen LogP contribution in [-0.4, -0.2) is 30.1 Å². The number of carbonyl (C=O) groups excluding carboxylic acids is 2. The summed E-state index contributed by atoms with van der Waals surface area (Å²) in [6.45, 7) is 2.34. The van der Waals surface area contributed by atoms with E-state index in [1.54, 1.807) is 42.5 Å². The minimum Gasteiger partial charge on any atom is -0.493 e. The van der Waals surface area contributed by atoms with Crippen molar-refractivity contribution in [1.82, 2.24) is 16.2 Å². The Bertz CT molecular complexity index is 911. The lowest BCUT2D eigenvalue weighted by atomic mass is 10.2. The number of thiocarbonyl (C=S) groups is 1. The maximum atomic E-state index is 12.5. The van der Waals surface area contributed by atoms with Crippen LogP contribution in [0.3, 0.4) is 0 Å². The van der Waals surface area contributed by atoms with Crippen LogP contribution < -0.4 is 25.6 Å². The summed E-state index contributed by atoms with van der Waals surface area (Å²) in [7, 11) is 0. The molecule has 30 heavy (non-hydrogen) atoms. The van der Waals surface area contributed by atoms with Crippen molar-refractivity contribution < 1.29 is 19.1 Å². The summed E-state index contributed by atoms with van der Waals surface area (Å²) in [5.41, 5.74) is 5.20. The molecule has 160 valence electrons. The highest BCUT2D eigenvalue weighted by Gasteiger charge is 2.14. The molecule has 10 heteroatoms. The van der Waals surface area contributed by atoms with Crippen molar-refractivity contribution in [1.29, 1.82) is 0 Å². The Kier molecular flexibility index (Phi) is 10.0. The molecule has 2 aromatic carbocycles. The molecule has 0 unspecified atom stereocenters. The van der Waals surface area contributed by atoms with Crippen molar-refractivity contribution in [3.05, 3.63) is 57.0 Å². The first-order valence-corrected chi connectivity index (χ1v) is 11.1. The Labute approximate surface area is 197 Å². The molecule has 0 spiro atoms. The van der Waals surface area contributed by atoms with E-state index in [-0.39, 0.29) is 11.7 Å². The average molecular weight is 559 g/mol. The molecule has 2 amide bonds. The molecule has 0 aliphatic carbocycles. The largest absolute Gasteiger partial charge is 0.493 e. The van der Waals surface area contributed by atoms with E-state index in [4.69, 9.17) is 21.7 Å². The van der Waals surface area contributed by atoms with Gasteiger partial charge in [0.05, 0.1) is 16.6 Å². The van der Waals surface area contributed by atoms with Crippen molar-refractivity contribution in [3.8, 4) is 11.5 Å². The maximum absolute atomic E-state index is 12.5. The summed E-state index contributed by atoms with van der Waals surface area (Å²) in [6, 6.07) is 12.2. The SMILES string of the molecule is CCCCOc1ccccc1C(=O)NC(=S)NNC(=O)COc1ccc(Br)cc1Br. The molecule has 0 aromatic heterocycles. The van der Waals surface area contributed by atoms with Crippen LogP contribution in [0, 0.1) is 0 Å². The number of hydrazine groups is 1. The Balaban J connectivity index is 1.80. The molecular weight excluding hydrogens is 538 g/mol. The third-order valence-corrected chi connectivity index (χ3v) is 5.00. The Morgan fingerprint density at radius 3 is 2.53 bits per heavy atom. The Hall–Kier alpha value is -2.17.